The van der Waals surface area contributed by atoms with E-state index in [-0.39, 0.29) is 148 Å². The van der Waals surface area contributed by atoms with Crippen LogP contribution in [0.25, 0.3) is 0 Å². The maximum absolute atomic E-state index is 14.6. The Labute approximate surface area is 633 Å². The Bertz CT molecular complexity index is 3060. The molecule has 608 valence electrons. The van der Waals surface area contributed by atoms with E-state index in [2.05, 4.69) is 34.6 Å². The molecule has 0 aliphatic carbocycles. The molecule has 16 atom stereocenters. The van der Waals surface area contributed by atoms with Crippen molar-refractivity contribution in [3.05, 3.63) is 0 Å². The van der Waals surface area contributed by atoms with Gasteiger partial charge in [-0.1, -0.05) is 33.4 Å². The molecule has 0 radical (unpaired) electrons. The standard InChI is InChI=1S/C69H111N7O28PS2/c1-14-52(101-59(90)25-24-51(86)38-107(105)106)66(91)76(29-27-71-57(88)22-16-19-33-93-68-61(73-43(6)78)40(3)64(99-49(12)84)54(103-68)36-96-46(9)81)31-30-75(58(89)23-17-20-34-94-69-62(74-44(7)79)41(4)65(100-50(13)85)55(104-69)37-97-47(10)82)28-26-70-56(87)21-15-18-32-92-67-60(72-42(5)77)39(2)63(98-48(11)83)53(102-67)35-95-45(8)80/h39-41,52-55,60-65,67-69,105H,14-38H2,1-13H3,(H,70,87)(H,71,88)(H,72,77)(H,73,78)(H,74,79)/q-1/t39-,40-,41-,52?,53?,54?,55?,60?,61?,62?,63-,64-,65-,67-,68-,69-/m1/s1. The Morgan fingerprint density at radius 1 is 0.458 bits per heavy atom. The Kier molecular flexibility index (Phi) is 43.8. The van der Waals surface area contributed by atoms with Crippen LogP contribution in [-0.2, 0) is 153 Å². The van der Waals surface area contributed by atoms with Crippen LogP contribution in [0.4, 0.5) is 0 Å². The van der Waals surface area contributed by atoms with Gasteiger partial charge in [-0.15, -0.1) is 0 Å². The summed E-state index contributed by atoms with van der Waals surface area (Å²) in [5.74, 6) is -9.61. The summed E-state index contributed by atoms with van der Waals surface area (Å²) < 4.78 is 74.6. The summed E-state index contributed by atoms with van der Waals surface area (Å²) in [4.78, 5) is 193. The van der Waals surface area contributed by atoms with Gasteiger partial charge < -0.3 is 111 Å². The highest BCUT2D eigenvalue weighted by Crippen LogP contribution is 2.33. The van der Waals surface area contributed by atoms with E-state index in [1.165, 1.54) is 72.1 Å². The lowest BCUT2D eigenvalue weighted by Gasteiger charge is -2.44. The van der Waals surface area contributed by atoms with Crippen molar-refractivity contribution in [1.82, 2.24) is 36.4 Å². The number of Topliss-reactive ketones (excluding diaryl/α,β-unsaturated/α-hetero) is 1. The zero-order valence-electron chi connectivity index (χ0n) is 63.6. The van der Waals surface area contributed by atoms with Gasteiger partial charge in [0, 0.05) is 165 Å². The van der Waals surface area contributed by atoms with Crippen molar-refractivity contribution in [1.29, 1.82) is 0 Å². The number of nitrogens with zero attached hydrogens (tertiary/aromatic N) is 2. The Hall–Kier alpha value is -7.12. The number of esters is 7. The van der Waals surface area contributed by atoms with Crippen LogP contribution in [0, 0.1) is 17.8 Å². The van der Waals surface area contributed by atoms with E-state index in [0.29, 0.717) is 25.7 Å². The van der Waals surface area contributed by atoms with Crippen molar-refractivity contribution in [3.63, 3.8) is 0 Å². The molecule has 0 aromatic rings. The number of hydrogen-bond acceptors (Lipinski definition) is 30. The molecule has 0 saturated carbocycles. The SMILES string of the molecule is CCC(OC(=O)CCC(=O)C[S-](=P)=S)C(=O)N(CCNC(=O)CCCCO[C@@H]1OC(COC(C)=O)[C@H](OC(C)=O)[C@H](C)C1NC(C)=O)CCN(CCNC(=O)CCCCO[C@@H]1OC(COC(C)=O)[C@H](OC(C)=O)[C@H](C)C1NC(C)=O)C(=O)CCCCO[C@@H]1OC(COC(C)=O)[C@H](OC(C)=O)[C@H](C)C1NC(C)=O. The van der Waals surface area contributed by atoms with Gasteiger partial charge in [-0.3, -0.25) is 86.3 Å². The van der Waals surface area contributed by atoms with E-state index in [1.807, 2.05) is 0 Å². The second-order valence-electron chi connectivity index (χ2n) is 26.3. The van der Waals surface area contributed by atoms with E-state index >= 15 is 0 Å². The first-order chi connectivity index (χ1) is 50.5. The minimum atomic E-state index is -1.36. The normalized spacial score (nSPS) is 24.1. The number of carbonyl (C=O) groups excluding carboxylic acids is 15. The lowest BCUT2D eigenvalue weighted by atomic mass is 9.88. The average Bonchev–Trinajstić information content (AvgIpc) is 0.809. The van der Waals surface area contributed by atoms with Crippen LogP contribution < -0.4 is 26.6 Å². The number of ether oxygens (including phenoxy) is 13. The minimum Gasteiger partial charge on any atom is -0.463 e. The number of rotatable bonds is 47. The van der Waals surface area contributed by atoms with Crippen molar-refractivity contribution >= 4 is 117 Å². The molecule has 3 aliphatic rings. The molecule has 3 saturated heterocycles. The van der Waals surface area contributed by atoms with Gasteiger partial charge in [-0.05, 0) is 44.9 Å². The van der Waals surface area contributed by atoms with Crippen LogP contribution >= 0.6 is 8.02 Å². The average molecular weight is 1580 g/mol. The lowest BCUT2D eigenvalue weighted by Crippen LogP contribution is -2.62. The number of amides is 7. The van der Waals surface area contributed by atoms with Crippen LogP contribution in [-0.4, -0.2) is 263 Å². The highest BCUT2D eigenvalue weighted by atomic mass is 32.9. The summed E-state index contributed by atoms with van der Waals surface area (Å²) in [5.41, 5.74) is 0. The first-order valence-electron chi connectivity index (χ1n) is 36.0. The molecule has 7 unspecified atom stereocenters. The molecule has 3 heterocycles. The monoisotopic (exact) mass is 1580 g/mol. The quantitative estimate of drug-likeness (QED) is 0.0189. The molecule has 35 nitrogen and oxygen atoms in total. The van der Waals surface area contributed by atoms with Gasteiger partial charge in [0.25, 0.3) is 5.91 Å². The lowest BCUT2D eigenvalue weighted by molar-refractivity contribution is -0.262. The second-order valence-corrected chi connectivity index (χ2v) is 30.9. The number of hydrogen-bond donors (Lipinski definition) is 5. The van der Waals surface area contributed by atoms with Gasteiger partial charge in [0.1, 0.15) is 62.2 Å². The molecule has 107 heavy (non-hydrogen) atoms. The summed E-state index contributed by atoms with van der Waals surface area (Å²) in [7, 11) is 2.41. The third-order valence-electron chi connectivity index (χ3n) is 17.3. The fraction of sp³-hybridized carbons (Fsp3) is 0.783. The van der Waals surface area contributed by atoms with Crippen molar-refractivity contribution in [2.45, 2.75) is 247 Å². The van der Waals surface area contributed by atoms with Crippen LogP contribution in [0.5, 0.6) is 0 Å². The van der Waals surface area contributed by atoms with Gasteiger partial charge in [0.2, 0.25) is 35.4 Å². The molecule has 3 fully saturated rings. The van der Waals surface area contributed by atoms with Crippen LogP contribution in [0.2, 0.25) is 0 Å². The van der Waals surface area contributed by atoms with Crippen molar-refractivity contribution < 1.29 is 133 Å². The maximum atomic E-state index is 14.6. The number of nitrogens with one attached hydrogen (secondary N) is 5. The number of ketones is 1. The maximum Gasteiger partial charge on any atom is 0.307 e. The highest BCUT2D eigenvalue weighted by molar-refractivity contribution is 8.39. The van der Waals surface area contributed by atoms with Gasteiger partial charge >= 0.3 is 41.8 Å². The third-order valence-corrected chi connectivity index (χ3v) is 18.7. The van der Waals surface area contributed by atoms with E-state index < -0.39 is 183 Å². The van der Waals surface area contributed by atoms with E-state index in [0.717, 1.165) is 0 Å². The van der Waals surface area contributed by atoms with Crippen molar-refractivity contribution in [2.75, 3.05) is 84.7 Å². The molecule has 0 bridgehead atoms. The zero-order valence-corrected chi connectivity index (χ0v) is 66.2. The Morgan fingerprint density at radius 3 is 1.13 bits per heavy atom. The first kappa shape index (κ1) is 94.1. The van der Waals surface area contributed by atoms with Crippen LogP contribution in [0.1, 0.15) is 167 Å². The second kappa shape index (κ2) is 49.8. The smallest absolute Gasteiger partial charge is 0.307 e. The van der Waals surface area contributed by atoms with Gasteiger partial charge in [0.05, 0.1) is 24.5 Å². The molecular formula is C69H111N7O28PS2-. The number of carbonyl (C=O) groups is 15. The summed E-state index contributed by atoms with van der Waals surface area (Å²) in [6.45, 7) is 16.5. The predicted octanol–water partition coefficient (Wildman–Crippen LogP) is 1.33. The van der Waals surface area contributed by atoms with E-state index in [1.54, 1.807) is 27.7 Å². The molecule has 5 N–H and O–H groups in total. The molecular weight excluding hydrogens is 1470 g/mol. The largest absolute Gasteiger partial charge is 0.463 e. The molecule has 38 heteroatoms. The molecule has 0 aromatic carbocycles. The third kappa shape index (κ3) is 36.3. The zero-order chi connectivity index (χ0) is 80.0. The molecule has 0 spiro atoms. The number of unbranched alkanes of at least 4 members (excludes halogenated alkanes) is 3. The summed E-state index contributed by atoms with van der Waals surface area (Å²) in [5, 5.41) is 14.0. The molecule has 7 amide bonds. The Balaban J connectivity index is 1.84. The molecule has 0 aromatic heterocycles. The highest BCUT2D eigenvalue weighted by Gasteiger charge is 2.50. The van der Waals surface area contributed by atoms with Gasteiger partial charge in [0.15, 0.2) is 25.0 Å². The van der Waals surface area contributed by atoms with E-state index in [4.69, 9.17) is 72.8 Å². The van der Waals surface area contributed by atoms with Gasteiger partial charge in [-0.25, -0.2) is 0 Å². The van der Waals surface area contributed by atoms with E-state index in [9.17, 15) is 71.9 Å². The predicted molar refractivity (Wildman–Crippen MR) is 384 cm³/mol. The summed E-state index contributed by atoms with van der Waals surface area (Å²) >= 11 is 5.07. The fourth-order valence-corrected chi connectivity index (χ4v) is 13.4. The van der Waals surface area contributed by atoms with Crippen molar-refractivity contribution in [2.24, 2.45) is 17.8 Å². The minimum absolute atomic E-state index is 0.00359. The Morgan fingerprint density at radius 2 is 0.804 bits per heavy atom. The fourth-order valence-electron chi connectivity index (χ4n) is 12.1. The van der Waals surface area contributed by atoms with Gasteiger partial charge in [-0.2, -0.15) is 0 Å². The molecule has 3 rings (SSSR count). The summed E-state index contributed by atoms with van der Waals surface area (Å²) in [6, 6.07) is -2.40. The molecule has 3 aliphatic heterocycles. The topological polar surface area (TPSA) is 443 Å². The van der Waals surface area contributed by atoms with Crippen molar-refractivity contribution in [3.8, 4) is 0 Å². The van der Waals surface area contributed by atoms with Crippen LogP contribution in [0.3, 0.4) is 0 Å². The summed E-state index contributed by atoms with van der Waals surface area (Å²) in [6.07, 6.45) is -9.07. The first-order valence-corrected chi connectivity index (χ1v) is 39.5. The van der Waals surface area contributed by atoms with Crippen LogP contribution in [0.15, 0.2) is 0 Å².